The van der Waals surface area contributed by atoms with E-state index in [1.54, 1.807) is 17.3 Å². The van der Waals surface area contributed by atoms with Crippen LogP contribution in [0.3, 0.4) is 0 Å². The monoisotopic (exact) mass is 297 g/mol. The van der Waals surface area contributed by atoms with Gasteiger partial charge in [0.25, 0.3) is 0 Å². The van der Waals surface area contributed by atoms with Crippen molar-refractivity contribution >= 4 is 34.1 Å². The lowest BCUT2D eigenvalue weighted by Crippen LogP contribution is -2.52. The summed E-state index contributed by atoms with van der Waals surface area (Å²) in [5.74, 6) is 0. The maximum Gasteiger partial charge on any atom is 0.315 e. The first-order valence-corrected chi connectivity index (χ1v) is 7.16. The van der Waals surface area contributed by atoms with E-state index in [0.717, 1.165) is 16.4 Å². The SMILES string of the molecule is NC(=O)N1CCN(c2cnns2)CC1c1cnns1. The Morgan fingerprint density at radius 1 is 1.26 bits per heavy atom. The quantitative estimate of drug-likeness (QED) is 0.857. The molecule has 1 unspecified atom stereocenters. The van der Waals surface area contributed by atoms with Crippen LogP contribution in [0.2, 0.25) is 0 Å². The molecule has 1 saturated heterocycles. The first-order chi connectivity index (χ1) is 9.25. The molecule has 10 heteroatoms. The summed E-state index contributed by atoms with van der Waals surface area (Å²) in [6.07, 6.45) is 3.41. The minimum absolute atomic E-state index is 0.117. The van der Waals surface area contributed by atoms with Gasteiger partial charge in [0, 0.05) is 31.2 Å². The fourth-order valence-electron chi connectivity index (χ4n) is 2.11. The van der Waals surface area contributed by atoms with Crippen molar-refractivity contribution in [1.82, 2.24) is 24.1 Å². The molecular weight excluding hydrogens is 286 g/mol. The second-order valence-electron chi connectivity index (χ2n) is 4.07. The van der Waals surface area contributed by atoms with Crippen LogP contribution < -0.4 is 10.6 Å². The molecule has 0 aliphatic carbocycles. The van der Waals surface area contributed by atoms with E-state index in [-0.39, 0.29) is 6.04 Å². The van der Waals surface area contributed by atoms with E-state index >= 15 is 0 Å². The first-order valence-electron chi connectivity index (χ1n) is 5.61. The first kappa shape index (κ1) is 12.2. The molecule has 1 aliphatic heterocycles. The highest BCUT2D eigenvalue weighted by Crippen LogP contribution is 2.30. The van der Waals surface area contributed by atoms with Gasteiger partial charge in [0.15, 0.2) is 0 Å². The number of urea groups is 1. The largest absolute Gasteiger partial charge is 0.357 e. The number of aromatic nitrogens is 4. The lowest BCUT2D eigenvalue weighted by atomic mass is 10.1. The second-order valence-corrected chi connectivity index (χ2v) is 5.65. The summed E-state index contributed by atoms with van der Waals surface area (Å²) < 4.78 is 7.71. The number of amides is 2. The Morgan fingerprint density at radius 2 is 2.05 bits per heavy atom. The highest BCUT2D eigenvalue weighted by molar-refractivity contribution is 7.09. The molecule has 3 rings (SSSR count). The molecule has 0 radical (unpaired) electrons. The number of rotatable bonds is 2. The molecule has 2 aromatic heterocycles. The number of carbonyl (C=O) groups is 1. The van der Waals surface area contributed by atoms with Gasteiger partial charge in [-0.1, -0.05) is 8.98 Å². The molecule has 1 fully saturated rings. The van der Waals surface area contributed by atoms with Crippen molar-refractivity contribution in [3.63, 3.8) is 0 Å². The van der Waals surface area contributed by atoms with Crippen LogP contribution in [0.15, 0.2) is 12.4 Å². The Balaban J connectivity index is 1.85. The van der Waals surface area contributed by atoms with Gasteiger partial charge >= 0.3 is 6.03 Å². The van der Waals surface area contributed by atoms with Crippen LogP contribution in [-0.4, -0.2) is 49.7 Å². The maximum absolute atomic E-state index is 11.5. The molecule has 1 atom stereocenters. The Morgan fingerprint density at radius 3 is 2.68 bits per heavy atom. The third kappa shape index (κ3) is 2.36. The van der Waals surface area contributed by atoms with Crippen molar-refractivity contribution < 1.29 is 4.79 Å². The number of anilines is 1. The highest BCUT2D eigenvalue weighted by atomic mass is 32.1. The lowest BCUT2D eigenvalue weighted by Gasteiger charge is -2.39. The van der Waals surface area contributed by atoms with E-state index in [1.165, 1.54) is 23.1 Å². The normalized spacial score (nSPS) is 19.7. The van der Waals surface area contributed by atoms with E-state index in [0.29, 0.717) is 13.1 Å². The van der Waals surface area contributed by atoms with Crippen LogP contribution in [0.5, 0.6) is 0 Å². The van der Waals surface area contributed by atoms with Gasteiger partial charge in [0.2, 0.25) is 0 Å². The van der Waals surface area contributed by atoms with Gasteiger partial charge < -0.3 is 15.5 Å². The number of hydrogen-bond donors (Lipinski definition) is 1. The van der Waals surface area contributed by atoms with Crippen molar-refractivity contribution in [3.05, 3.63) is 17.3 Å². The van der Waals surface area contributed by atoms with Crippen molar-refractivity contribution in [3.8, 4) is 0 Å². The van der Waals surface area contributed by atoms with Crippen molar-refractivity contribution in [1.29, 1.82) is 0 Å². The zero-order chi connectivity index (χ0) is 13.2. The third-order valence-corrected chi connectivity index (χ3v) is 4.52. The highest BCUT2D eigenvalue weighted by Gasteiger charge is 2.32. The molecule has 0 bridgehead atoms. The number of hydrogen-bond acceptors (Lipinski definition) is 8. The van der Waals surface area contributed by atoms with Crippen LogP contribution in [0.25, 0.3) is 0 Å². The summed E-state index contributed by atoms with van der Waals surface area (Å²) >= 11 is 2.63. The van der Waals surface area contributed by atoms with Crippen LogP contribution in [0.4, 0.5) is 9.80 Å². The van der Waals surface area contributed by atoms with Crippen LogP contribution >= 0.6 is 23.1 Å². The van der Waals surface area contributed by atoms with Crippen LogP contribution in [-0.2, 0) is 0 Å². The predicted molar refractivity (Wildman–Crippen MR) is 71.1 cm³/mol. The molecular formula is C9H11N7OS2. The van der Waals surface area contributed by atoms with E-state index in [9.17, 15) is 4.79 Å². The van der Waals surface area contributed by atoms with E-state index in [1.807, 2.05) is 0 Å². The number of piperazine rings is 1. The molecule has 2 aromatic rings. The summed E-state index contributed by atoms with van der Waals surface area (Å²) in [5.41, 5.74) is 5.44. The summed E-state index contributed by atoms with van der Waals surface area (Å²) in [6.45, 7) is 1.93. The maximum atomic E-state index is 11.5. The molecule has 0 saturated carbocycles. The molecule has 3 heterocycles. The van der Waals surface area contributed by atoms with Gasteiger partial charge in [0.05, 0.1) is 23.3 Å². The molecule has 0 aromatic carbocycles. The minimum Gasteiger partial charge on any atom is -0.357 e. The molecule has 19 heavy (non-hydrogen) atoms. The van der Waals surface area contributed by atoms with Crippen molar-refractivity contribution in [2.45, 2.75) is 6.04 Å². The average Bonchev–Trinajstić information content (AvgIpc) is 3.11. The standard InChI is InChI=1S/C9H11N7OS2/c10-9(17)16-2-1-15(8-4-12-14-19-8)5-6(16)7-3-11-13-18-7/h3-4,6H,1-2,5H2,(H2,10,17). The average molecular weight is 297 g/mol. The van der Waals surface area contributed by atoms with E-state index < -0.39 is 6.03 Å². The van der Waals surface area contributed by atoms with Gasteiger partial charge in [0.1, 0.15) is 5.00 Å². The summed E-state index contributed by atoms with van der Waals surface area (Å²) in [6, 6.07) is -0.533. The van der Waals surface area contributed by atoms with Crippen LogP contribution in [0.1, 0.15) is 10.9 Å². The van der Waals surface area contributed by atoms with E-state index in [4.69, 9.17) is 5.73 Å². The Labute approximate surface area is 117 Å². The molecule has 8 nitrogen and oxygen atoms in total. The smallest absolute Gasteiger partial charge is 0.315 e. The summed E-state index contributed by atoms with van der Waals surface area (Å²) in [7, 11) is 0. The Bertz CT molecular complexity index is 543. The summed E-state index contributed by atoms with van der Waals surface area (Å²) in [5, 5.41) is 8.66. The van der Waals surface area contributed by atoms with Crippen LogP contribution in [0, 0.1) is 0 Å². The van der Waals surface area contributed by atoms with Gasteiger partial charge in [-0.3, -0.25) is 0 Å². The van der Waals surface area contributed by atoms with Gasteiger partial charge in [-0.25, -0.2) is 4.79 Å². The Hall–Kier alpha value is -1.81. The molecule has 100 valence electrons. The third-order valence-electron chi connectivity index (χ3n) is 3.03. The molecule has 1 aliphatic rings. The fraction of sp³-hybridized carbons (Fsp3) is 0.444. The summed E-state index contributed by atoms with van der Waals surface area (Å²) in [4.78, 5) is 16.3. The van der Waals surface area contributed by atoms with E-state index in [2.05, 4.69) is 24.1 Å². The lowest BCUT2D eigenvalue weighted by molar-refractivity contribution is 0.176. The van der Waals surface area contributed by atoms with Gasteiger partial charge in [-0.15, -0.1) is 10.2 Å². The van der Waals surface area contributed by atoms with Gasteiger partial charge in [-0.2, -0.15) is 0 Å². The number of nitrogens with zero attached hydrogens (tertiary/aromatic N) is 6. The second kappa shape index (κ2) is 5.05. The zero-order valence-electron chi connectivity index (χ0n) is 9.84. The molecule has 0 spiro atoms. The fourth-order valence-corrected chi connectivity index (χ4v) is 3.27. The predicted octanol–water partition coefficient (Wildman–Crippen LogP) is 0.332. The molecule has 2 amide bonds. The number of carbonyl (C=O) groups excluding carboxylic acids is 1. The topological polar surface area (TPSA) is 101 Å². The minimum atomic E-state index is -0.416. The van der Waals surface area contributed by atoms with Crippen molar-refractivity contribution in [2.24, 2.45) is 5.73 Å². The Kier molecular flexibility index (Phi) is 3.25. The number of primary amides is 1. The molecule has 2 N–H and O–H groups in total. The van der Waals surface area contributed by atoms with Gasteiger partial charge in [-0.05, 0) is 11.5 Å². The zero-order valence-corrected chi connectivity index (χ0v) is 11.5. The van der Waals surface area contributed by atoms with Crippen molar-refractivity contribution in [2.75, 3.05) is 24.5 Å². The number of nitrogens with two attached hydrogens (primary N) is 1.